The van der Waals surface area contributed by atoms with Crippen LogP contribution in [0.5, 0.6) is 0 Å². The highest BCUT2D eigenvalue weighted by Gasteiger charge is 2.30. The lowest BCUT2D eigenvalue weighted by molar-refractivity contribution is -0.117. The molecule has 154 valence electrons. The summed E-state index contributed by atoms with van der Waals surface area (Å²) in [5.74, 6) is 0.126. The number of likely N-dealkylation sites (N-methyl/N-ethyl adjacent to an activating group) is 1. The van der Waals surface area contributed by atoms with Gasteiger partial charge in [0.1, 0.15) is 0 Å². The van der Waals surface area contributed by atoms with Crippen LogP contribution in [-0.2, 0) is 4.79 Å². The Morgan fingerprint density at radius 2 is 1.79 bits per heavy atom. The number of benzene rings is 1. The quantitative estimate of drug-likeness (QED) is 0.734. The van der Waals surface area contributed by atoms with Crippen LogP contribution in [0.1, 0.15) is 34.1 Å². The number of anilines is 1. The highest BCUT2D eigenvalue weighted by Crippen LogP contribution is 2.31. The van der Waals surface area contributed by atoms with Gasteiger partial charge in [-0.05, 0) is 37.6 Å². The predicted octanol–water partition coefficient (Wildman–Crippen LogP) is 2.82. The molecule has 2 amide bonds. The number of carbonyl (C=O) groups is 2. The van der Waals surface area contributed by atoms with Gasteiger partial charge in [-0.15, -0.1) is 11.3 Å². The molecule has 2 fully saturated rings. The molecule has 0 radical (unpaired) electrons. The smallest absolute Gasteiger partial charge is 0.261 e. The van der Waals surface area contributed by atoms with Crippen LogP contribution in [0.3, 0.4) is 0 Å². The Morgan fingerprint density at radius 3 is 2.48 bits per heavy atom. The number of carbonyl (C=O) groups excluding carboxylic acids is 2. The van der Waals surface area contributed by atoms with E-state index < -0.39 is 0 Å². The molecule has 0 bridgehead atoms. The lowest BCUT2D eigenvalue weighted by Gasteiger charge is -2.35. The summed E-state index contributed by atoms with van der Waals surface area (Å²) in [7, 11) is 2.14. The lowest BCUT2D eigenvalue weighted by atomic mass is 10.1. The van der Waals surface area contributed by atoms with Crippen molar-refractivity contribution >= 4 is 28.2 Å². The Bertz CT molecular complexity index is 842. The predicted molar refractivity (Wildman–Crippen MR) is 116 cm³/mol. The van der Waals surface area contributed by atoms with Crippen molar-refractivity contribution in [2.24, 2.45) is 5.92 Å². The summed E-state index contributed by atoms with van der Waals surface area (Å²) in [6, 6.07) is 13.7. The highest BCUT2D eigenvalue weighted by atomic mass is 32.1. The van der Waals surface area contributed by atoms with E-state index in [1.807, 2.05) is 24.3 Å². The van der Waals surface area contributed by atoms with Crippen molar-refractivity contribution in [3.05, 3.63) is 52.9 Å². The fourth-order valence-corrected chi connectivity index (χ4v) is 4.35. The molecule has 1 aliphatic carbocycles. The van der Waals surface area contributed by atoms with Gasteiger partial charge in [-0.2, -0.15) is 0 Å². The molecule has 0 spiro atoms. The number of piperazine rings is 1. The third-order valence-corrected chi connectivity index (χ3v) is 6.57. The minimum atomic E-state index is -0.0927. The Labute approximate surface area is 175 Å². The molecule has 2 aliphatic rings. The molecular formula is C22H28N4O2S. The number of nitrogens with one attached hydrogen (secondary N) is 2. The molecule has 2 heterocycles. The van der Waals surface area contributed by atoms with E-state index in [4.69, 9.17) is 0 Å². The van der Waals surface area contributed by atoms with Crippen molar-refractivity contribution < 1.29 is 9.59 Å². The monoisotopic (exact) mass is 412 g/mol. The first-order valence-corrected chi connectivity index (χ1v) is 11.1. The first-order valence-electron chi connectivity index (χ1n) is 10.3. The summed E-state index contributed by atoms with van der Waals surface area (Å²) in [4.78, 5) is 30.2. The molecule has 2 aromatic rings. The Kier molecular flexibility index (Phi) is 6.28. The normalized spacial score (nSPS) is 18.9. The van der Waals surface area contributed by atoms with E-state index in [0.29, 0.717) is 4.88 Å². The maximum absolute atomic E-state index is 12.9. The highest BCUT2D eigenvalue weighted by molar-refractivity contribution is 7.18. The second kappa shape index (κ2) is 9.07. The minimum Gasteiger partial charge on any atom is -0.343 e. The number of rotatable bonds is 7. The molecule has 29 heavy (non-hydrogen) atoms. The van der Waals surface area contributed by atoms with Crippen LogP contribution >= 0.6 is 11.3 Å². The minimum absolute atomic E-state index is 0.0658. The third kappa shape index (κ3) is 5.44. The van der Waals surface area contributed by atoms with Crippen molar-refractivity contribution in [2.45, 2.75) is 18.9 Å². The summed E-state index contributed by atoms with van der Waals surface area (Å²) in [5.41, 5.74) is 1.11. The van der Waals surface area contributed by atoms with Crippen LogP contribution in [0.2, 0.25) is 0 Å². The molecule has 7 heteroatoms. The average Bonchev–Trinajstić information content (AvgIpc) is 3.49. The molecule has 1 aromatic carbocycles. The standard InChI is InChI=1S/C22H28N4O2S/c1-25-11-13-26(14-12-25)15-18(16-5-3-2-4-6-16)23-22(28)19-9-10-20(29-19)24-21(27)17-7-8-17/h2-6,9-10,17-18H,7-8,11-15H2,1H3,(H,23,28)(H,24,27). The van der Waals surface area contributed by atoms with Gasteiger partial charge in [-0.25, -0.2) is 0 Å². The summed E-state index contributed by atoms with van der Waals surface area (Å²) in [5, 5.41) is 6.87. The van der Waals surface area contributed by atoms with Gasteiger partial charge in [-0.3, -0.25) is 14.5 Å². The van der Waals surface area contributed by atoms with Crippen LogP contribution in [0, 0.1) is 5.92 Å². The summed E-state index contributed by atoms with van der Waals surface area (Å²) < 4.78 is 0. The number of nitrogens with zero attached hydrogens (tertiary/aromatic N) is 2. The van der Waals surface area contributed by atoms with Crippen molar-refractivity contribution in [1.29, 1.82) is 0 Å². The second-order valence-corrected chi connectivity index (χ2v) is 9.05. The zero-order valence-electron chi connectivity index (χ0n) is 16.8. The van der Waals surface area contributed by atoms with Gasteiger partial charge < -0.3 is 15.5 Å². The number of thiophene rings is 1. The second-order valence-electron chi connectivity index (χ2n) is 7.97. The van der Waals surface area contributed by atoms with E-state index in [9.17, 15) is 9.59 Å². The Balaban J connectivity index is 1.41. The average molecular weight is 413 g/mol. The van der Waals surface area contributed by atoms with Gasteiger partial charge in [0.25, 0.3) is 5.91 Å². The molecule has 1 unspecified atom stereocenters. The number of hydrogen-bond donors (Lipinski definition) is 2. The lowest BCUT2D eigenvalue weighted by Crippen LogP contribution is -2.47. The Hall–Kier alpha value is -2.22. The van der Waals surface area contributed by atoms with Gasteiger partial charge >= 0.3 is 0 Å². The van der Waals surface area contributed by atoms with Crippen molar-refractivity contribution in [3.8, 4) is 0 Å². The molecule has 6 nitrogen and oxygen atoms in total. The first kappa shape index (κ1) is 20.1. The zero-order valence-corrected chi connectivity index (χ0v) is 17.6. The van der Waals surface area contributed by atoms with E-state index in [-0.39, 0.29) is 23.8 Å². The SMILES string of the molecule is CN1CCN(CC(NC(=O)c2ccc(NC(=O)C3CC3)s2)c2ccccc2)CC1. The summed E-state index contributed by atoms with van der Waals surface area (Å²) in [6.45, 7) is 4.90. The fourth-order valence-electron chi connectivity index (χ4n) is 3.53. The molecule has 1 aliphatic heterocycles. The number of amides is 2. The molecule has 1 atom stereocenters. The van der Waals surface area contributed by atoms with Crippen LogP contribution in [0.25, 0.3) is 0 Å². The van der Waals surface area contributed by atoms with Gasteiger partial charge in [0.05, 0.1) is 15.9 Å². The molecule has 1 saturated carbocycles. The van der Waals surface area contributed by atoms with Crippen LogP contribution in [0.15, 0.2) is 42.5 Å². The van der Waals surface area contributed by atoms with Gasteiger partial charge in [0, 0.05) is 38.6 Å². The van der Waals surface area contributed by atoms with Crippen LogP contribution in [0.4, 0.5) is 5.00 Å². The molecular weight excluding hydrogens is 384 g/mol. The topological polar surface area (TPSA) is 64.7 Å². The van der Waals surface area contributed by atoms with Crippen LogP contribution < -0.4 is 10.6 Å². The summed E-state index contributed by atoms with van der Waals surface area (Å²) in [6.07, 6.45) is 1.94. The number of hydrogen-bond acceptors (Lipinski definition) is 5. The van der Waals surface area contributed by atoms with Gasteiger partial charge in [-0.1, -0.05) is 30.3 Å². The first-order chi connectivity index (χ1) is 14.1. The van der Waals surface area contributed by atoms with E-state index >= 15 is 0 Å². The molecule has 2 N–H and O–H groups in total. The van der Waals surface area contributed by atoms with E-state index in [1.165, 1.54) is 11.3 Å². The Morgan fingerprint density at radius 1 is 1.07 bits per heavy atom. The van der Waals surface area contributed by atoms with Gasteiger partial charge in [0.2, 0.25) is 5.91 Å². The van der Waals surface area contributed by atoms with Crippen molar-refractivity contribution in [3.63, 3.8) is 0 Å². The van der Waals surface area contributed by atoms with Gasteiger partial charge in [0.15, 0.2) is 0 Å². The molecule has 1 aromatic heterocycles. The van der Waals surface area contributed by atoms with E-state index in [0.717, 1.165) is 56.1 Å². The van der Waals surface area contributed by atoms with Crippen LogP contribution in [-0.4, -0.2) is 61.4 Å². The fraction of sp³-hybridized carbons (Fsp3) is 0.455. The molecule has 4 rings (SSSR count). The van der Waals surface area contributed by atoms with Crippen molar-refractivity contribution in [2.75, 3.05) is 45.1 Å². The zero-order chi connectivity index (χ0) is 20.2. The third-order valence-electron chi connectivity index (χ3n) is 5.57. The largest absolute Gasteiger partial charge is 0.343 e. The van der Waals surface area contributed by atoms with Crippen molar-refractivity contribution in [1.82, 2.24) is 15.1 Å². The summed E-state index contributed by atoms with van der Waals surface area (Å²) >= 11 is 1.33. The van der Waals surface area contributed by atoms with E-state index in [2.05, 4.69) is 39.6 Å². The maximum atomic E-state index is 12.9. The van der Waals surface area contributed by atoms with E-state index in [1.54, 1.807) is 6.07 Å². The molecule has 1 saturated heterocycles. The maximum Gasteiger partial charge on any atom is 0.261 e.